The molecule has 3 rings (SSSR count). The lowest BCUT2D eigenvalue weighted by Gasteiger charge is -2.06. The summed E-state index contributed by atoms with van der Waals surface area (Å²) in [5.74, 6) is 1.23. The van der Waals surface area contributed by atoms with Gasteiger partial charge in [0, 0.05) is 4.47 Å². The van der Waals surface area contributed by atoms with Gasteiger partial charge in [0.1, 0.15) is 18.2 Å². The Morgan fingerprint density at radius 1 is 1.15 bits per heavy atom. The van der Waals surface area contributed by atoms with Crippen LogP contribution < -0.4 is 10.3 Å². The van der Waals surface area contributed by atoms with Crippen molar-refractivity contribution in [3.63, 3.8) is 0 Å². The monoisotopic (exact) mass is 330 g/mol. The van der Waals surface area contributed by atoms with Crippen molar-refractivity contribution in [2.75, 3.05) is 0 Å². The van der Waals surface area contributed by atoms with E-state index in [-0.39, 0.29) is 12.2 Å². The van der Waals surface area contributed by atoms with Crippen LogP contribution in [-0.4, -0.2) is 9.97 Å². The molecule has 4 nitrogen and oxygen atoms in total. The molecule has 1 heterocycles. The van der Waals surface area contributed by atoms with Crippen LogP contribution in [0.1, 0.15) is 5.82 Å². The van der Waals surface area contributed by atoms with Gasteiger partial charge in [0.25, 0.3) is 5.56 Å². The highest BCUT2D eigenvalue weighted by atomic mass is 79.9. The van der Waals surface area contributed by atoms with Crippen LogP contribution in [0.15, 0.2) is 57.8 Å². The average molecular weight is 331 g/mol. The molecule has 0 aliphatic carbocycles. The van der Waals surface area contributed by atoms with Crippen molar-refractivity contribution >= 4 is 26.8 Å². The minimum atomic E-state index is -0.150. The predicted molar refractivity (Wildman–Crippen MR) is 80.8 cm³/mol. The Balaban J connectivity index is 1.86. The molecule has 100 valence electrons. The smallest absolute Gasteiger partial charge is 0.258 e. The molecule has 0 saturated carbocycles. The van der Waals surface area contributed by atoms with Crippen LogP contribution in [0.25, 0.3) is 10.9 Å². The molecule has 0 bridgehead atoms. The van der Waals surface area contributed by atoms with Gasteiger partial charge in [-0.3, -0.25) is 4.79 Å². The normalized spacial score (nSPS) is 10.7. The third-order valence-electron chi connectivity index (χ3n) is 2.83. The Hall–Kier alpha value is -2.14. The summed E-state index contributed by atoms with van der Waals surface area (Å²) in [6, 6.07) is 14.7. The molecule has 20 heavy (non-hydrogen) atoms. The number of benzene rings is 2. The first-order chi connectivity index (χ1) is 9.72. The zero-order chi connectivity index (χ0) is 13.9. The molecule has 0 radical (unpaired) electrons. The number of para-hydroxylation sites is 1. The zero-order valence-corrected chi connectivity index (χ0v) is 12.1. The van der Waals surface area contributed by atoms with E-state index in [4.69, 9.17) is 4.74 Å². The molecular formula is C15H11BrN2O2. The van der Waals surface area contributed by atoms with Crippen molar-refractivity contribution in [1.29, 1.82) is 0 Å². The number of aromatic amines is 1. The number of ether oxygens (including phenoxy) is 1. The predicted octanol–water partition coefficient (Wildman–Crippen LogP) is 3.26. The number of aromatic nitrogens is 2. The van der Waals surface area contributed by atoms with Crippen molar-refractivity contribution in [2.45, 2.75) is 6.61 Å². The standard InChI is InChI=1S/C15H11BrN2O2/c16-10-4-3-5-11(8-10)20-9-14-17-13-7-2-1-6-12(13)15(19)18-14/h1-8H,9H2,(H,17,18,19). The highest BCUT2D eigenvalue weighted by Gasteiger charge is 2.04. The SMILES string of the molecule is O=c1[nH]c(COc2cccc(Br)c2)nc2ccccc12. The molecule has 0 spiro atoms. The summed E-state index contributed by atoms with van der Waals surface area (Å²) >= 11 is 3.38. The van der Waals surface area contributed by atoms with Gasteiger partial charge >= 0.3 is 0 Å². The lowest BCUT2D eigenvalue weighted by Crippen LogP contribution is -2.13. The maximum absolute atomic E-state index is 11.9. The van der Waals surface area contributed by atoms with Crippen LogP contribution in [0.5, 0.6) is 5.75 Å². The Morgan fingerprint density at radius 3 is 2.85 bits per heavy atom. The molecule has 0 aliphatic rings. The molecule has 0 atom stereocenters. The van der Waals surface area contributed by atoms with E-state index < -0.39 is 0 Å². The highest BCUT2D eigenvalue weighted by Crippen LogP contribution is 2.18. The van der Waals surface area contributed by atoms with Crippen molar-refractivity contribution in [2.24, 2.45) is 0 Å². The van der Waals surface area contributed by atoms with E-state index in [2.05, 4.69) is 25.9 Å². The summed E-state index contributed by atoms with van der Waals surface area (Å²) in [7, 11) is 0. The molecule has 1 N–H and O–H groups in total. The quantitative estimate of drug-likeness (QED) is 0.801. The van der Waals surface area contributed by atoms with Crippen LogP contribution in [0.4, 0.5) is 0 Å². The lowest BCUT2D eigenvalue weighted by molar-refractivity contribution is 0.296. The zero-order valence-electron chi connectivity index (χ0n) is 10.5. The summed E-state index contributed by atoms with van der Waals surface area (Å²) in [5.41, 5.74) is 0.521. The van der Waals surface area contributed by atoms with Gasteiger partial charge < -0.3 is 9.72 Å². The van der Waals surface area contributed by atoms with Gasteiger partial charge in [-0.1, -0.05) is 34.1 Å². The molecule has 0 fully saturated rings. The molecule has 1 aromatic heterocycles. The Kier molecular flexibility index (Phi) is 3.52. The minimum absolute atomic E-state index is 0.150. The van der Waals surface area contributed by atoms with Crippen LogP contribution >= 0.6 is 15.9 Å². The first kappa shape index (κ1) is 12.9. The number of nitrogens with zero attached hydrogens (tertiary/aromatic N) is 1. The summed E-state index contributed by atoms with van der Waals surface area (Å²) in [6.45, 7) is 0.219. The molecule has 0 aliphatic heterocycles. The number of hydrogen-bond donors (Lipinski definition) is 1. The molecule has 2 aromatic carbocycles. The summed E-state index contributed by atoms with van der Waals surface area (Å²) in [4.78, 5) is 19.0. The first-order valence-electron chi connectivity index (χ1n) is 6.09. The highest BCUT2D eigenvalue weighted by molar-refractivity contribution is 9.10. The summed E-state index contributed by atoms with van der Waals surface area (Å²) < 4.78 is 6.55. The van der Waals surface area contributed by atoms with Crippen molar-refractivity contribution in [1.82, 2.24) is 9.97 Å². The molecule has 0 amide bonds. The molecule has 0 unspecified atom stereocenters. The Morgan fingerprint density at radius 2 is 2.00 bits per heavy atom. The van der Waals surface area contributed by atoms with Gasteiger partial charge in [0.2, 0.25) is 0 Å². The van der Waals surface area contributed by atoms with E-state index in [1.165, 1.54) is 0 Å². The molecule has 5 heteroatoms. The third-order valence-corrected chi connectivity index (χ3v) is 3.33. The minimum Gasteiger partial charge on any atom is -0.486 e. The Bertz CT molecular complexity index is 814. The number of halogens is 1. The van der Waals surface area contributed by atoms with E-state index >= 15 is 0 Å². The fraction of sp³-hybridized carbons (Fsp3) is 0.0667. The van der Waals surface area contributed by atoms with Crippen molar-refractivity contribution < 1.29 is 4.74 Å². The van der Waals surface area contributed by atoms with Crippen molar-refractivity contribution in [3.8, 4) is 5.75 Å². The topological polar surface area (TPSA) is 55.0 Å². The summed E-state index contributed by atoms with van der Waals surface area (Å²) in [5, 5.41) is 0.582. The number of hydrogen-bond acceptors (Lipinski definition) is 3. The number of rotatable bonds is 3. The van der Waals surface area contributed by atoms with Crippen LogP contribution in [-0.2, 0) is 6.61 Å². The second kappa shape index (κ2) is 5.46. The van der Waals surface area contributed by atoms with E-state index in [0.717, 1.165) is 10.2 Å². The van der Waals surface area contributed by atoms with E-state index in [1.54, 1.807) is 6.07 Å². The van der Waals surface area contributed by atoms with Gasteiger partial charge in [-0.25, -0.2) is 4.98 Å². The maximum atomic E-state index is 11.9. The van der Waals surface area contributed by atoms with Crippen LogP contribution in [0, 0.1) is 0 Å². The fourth-order valence-corrected chi connectivity index (χ4v) is 2.29. The van der Waals surface area contributed by atoms with Crippen LogP contribution in [0.3, 0.4) is 0 Å². The molecule has 0 saturated heterocycles. The number of H-pyrrole nitrogens is 1. The number of nitrogens with one attached hydrogen (secondary N) is 1. The molecular weight excluding hydrogens is 320 g/mol. The molecule has 3 aromatic rings. The van der Waals surface area contributed by atoms with Crippen LogP contribution in [0.2, 0.25) is 0 Å². The van der Waals surface area contributed by atoms with Crippen molar-refractivity contribution in [3.05, 3.63) is 69.2 Å². The van der Waals surface area contributed by atoms with E-state index in [1.807, 2.05) is 42.5 Å². The fourth-order valence-electron chi connectivity index (χ4n) is 1.91. The van der Waals surface area contributed by atoms with Gasteiger partial charge in [0.05, 0.1) is 10.9 Å². The average Bonchev–Trinajstić information content (AvgIpc) is 2.45. The lowest BCUT2D eigenvalue weighted by atomic mass is 10.2. The van der Waals surface area contributed by atoms with Gasteiger partial charge in [-0.2, -0.15) is 0 Å². The van der Waals surface area contributed by atoms with Gasteiger partial charge in [0.15, 0.2) is 0 Å². The van der Waals surface area contributed by atoms with E-state index in [9.17, 15) is 4.79 Å². The maximum Gasteiger partial charge on any atom is 0.258 e. The first-order valence-corrected chi connectivity index (χ1v) is 6.88. The Labute approximate surface area is 123 Å². The van der Waals surface area contributed by atoms with Gasteiger partial charge in [-0.15, -0.1) is 0 Å². The third kappa shape index (κ3) is 2.72. The summed E-state index contributed by atoms with van der Waals surface area (Å²) in [6.07, 6.45) is 0. The number of fused-ring (bicyclic) bond motifs is 1. The van der Waals surface area contributed by atoms with E-state index in [0.29, 0.717) is 16.7 Å². The largest absolute Gasteiger partial charge is 0.486 e. The second-order valence-electron chi connectivity index (χ2n) is 4.28. The second-order valence-corrected chi connectivity index (χ2v) is 5.19. The van der Waals surface area contributed by atoms with Gasteiger partial charge in [-0.05, 0) is 30.3 Å².